The summed E-state index contributed by atoms with van der Waals surface area (Å²) in [4.78, 5) is 0.411. The van der Waals surface area contributed by atoms with Gasteiger partial charge in [-0.15, -0.1) is 0 Å². The van der Waals surface area contributed by atoms with Gasteiger partial charge in [0, 0.05) is 24.2 Å². The van der Waals surface area contributed by atoms with Gasteiger partial charge in [0.05, 0.1) is 30.9 Å². The lowest BCUT2D eigenvalue weighted by atomic mass is 9.95. The third kappa shape index (κ3) is 3.31. The molecule has 0 spiro atoms. The summed E-state index contributed by atoms with van der Waals surface area (Å²) < 4.78 is 35.9. The molecule has 26 heavy (non-hydrogen) atoms. The minimum Gasteiger partial charge on any atom is -0.376 e. The van der Waals surface area contributed by atoms with Crippen LogP contribution in [0.4, 0.5) is 0 Å². The van der Waals surface area contributed by atoms with E-state index in [1.807, 2.05) is 45.5 Å². The highest BCUT2D eigenvalue weighted by Crippen LogP contribution is 2.29. The highest BCUT2D eigenvalue weighted by molar-refractivity contribution is 7.89. The molecule has 0 saturated carbocycles. The summed E-state index contributed by atoms with van der Waals surface area (Å²) in [6, 6.07) is 0. The van der Waals surface area contributed by atoms with Gasteiger partial charge < -0.3 is 4.74 Å². The fourth-order valence-electron chi connectivity index (χ4n) is 3.63. The van der Waals surface area contributed by atoms with Crippen LogP contribution in [0.5, 0.6) is 0 Å². The van der Waals surface area contributed by atoms with Crippen molar-refractivity contribution in [1.82, 2.24) is 14.5 Å². The largest absolute Gasteiger partial charge is 0.376 e. The minimum atomic E-state index is -3.57. The van der Waals surface area contributed by atoms with Gasteiger partial charge in [0.2, 0.25) is 10.0 Å². The summed E-state index contributed by atoms with van der Waals surface area (Å²) in [6.07, 6.45) is 2.63. The van der Waals surface area contributed by atoms with E-state index in [4.69, 9.17) is 4.74 Å². The zero-order valence-electron chi connectivity index (χ0n) is 16.1. The third-order valence-corrected chi connectivity index (χ3v) is 7.33. The summed E-state index contributed by atoms with van der Waals surface area (Å²) in [5.41, 5.74) is 7.12. The van der Waals surface area contributed by atoms with Crippen LogP contribution in [0.3, 0.4) is 0 Å². The van der Waals surface area contributed by atoms with Crippen molar-refractivity contribution in [2.75, 3.05) is 13.2 Å². The summed E-state index contributed by atoms with van der Waals surface area (Å²) in [7, 11) is -3.57. The molecule has 0 fully saturated rings. The smallest absolute Gasteiger partial charge is 0.241 e. The molecular formula is C19H27N3O3S. The molecule has 3 rings (SSSR count). The molecule has 1 aliphatic rings. The zero-order valence-corrected chi connectivity index (χ0v) is 17.0. The van der Waals surface area contributed by atoms with E-state index in [9.17, 15) is 8.42 Å². The van der Waals surface area contributed by atoms with Gasteiger partial charge in [-0.05, 0) is 62.4 Å². The van der Waals surface area contributed by atoms with Crippen molar-refractivity contribution in [3.8, 4) is 0 Å². The van der Waals surface area contributed by atoms with Gasteiger partial charge in [-0.2, -0.15) is 5.10 Å². The van der Waals surface area contributed by atoms with Crippen molar-refractivity contribution >= 4 is 10.0 Å². The first kappa shape index (κ1) is 19.1. The Labute approximate surface area is 155 Å². The number of nitrogens with zero attached hydrogens (tertiary/aromatic N) is 2. The van der Waals surface area contributed by atoms with Crippen molar-refractivity contribution in [2.45, 2.75) is 59.1 Å². The third-order valence-electron chi connectivity index (χ3n) is 5.59. The van der Waals surface area contributed by atoms with Crippen molar-refractivity contribution in [1.29, 1.82) is 0 Å². The standard InChI is InChI=1S/C19H27N3O3S/c1-12-13(2)15(4)19(16(5)14(12)3)26(23,24)21-7-8-22-18-6-9-25-11-17(18)10-20-22/h10,21H,6-9,11H2,1-5H3. The van der Waals surface area contributed by atoms with Crippen LogP contribution in [0.25, 0.3) is 0 Å². The van der Waals surface area contributed by atoms with E-state index in [1.54, 1.807) is 0 Å². The fourth-order valence-corrected chi connectivity index (χ4v) is 5.25. The van der Waals surface area contributed by atoms with E-state index < -0.39 is 10.0 Å². The number of hydrogen-bond donors (Lipinski definition) is 1. The summed E-state index contributed by atoms with van der Waals surface area (Å²) in [5.74, 6) is 0. The lowest BCUT2D eigenvalue weighted by molar-refractivity contribution is 0.109. The molecule has 2 aromatic rings. The molecule has 0 unspecified atom stereocenters. The van der Waals surface area contributed by atoms with Crippen LogP contribution in [-0.4, -0.2) is 31.3 Å². The topological polar surface area (TPSA) is 73.2 Å². The van der Waals surface area contributed by atoms with Gasteiger partial charge in [-0.1, -0.05) is 0 Å². The number of ether oxygens (including phenoxy) is 1. The minimum absolute atomic E-state index is 0.308. The Morgan fingerprint density at radius 3 is 2.35 bits per heavy atom. The maximum Gasteiger partial charge on any atom is 0.241 e. The highest BCUT2D eigenvalue weighted by Gasteiger charge is 2.23. The number of rotatable bonds is 5. The number of aromatic nitrogens is 2. The molecule has 0 bridgehead atoms. The SMILES string of the molecule is Cc1c(C)c(C)c(S(=O)(=O)NCCn2ncc3c2CCOC3)c(C)c1C. The quantitative estimate of drug-likeness (QED) is 0.869. The maximum absolute atomic E-state index is 12.9. The van der Waals surface area contributed by atoms with Gasteiger partial charge in [0.1, 0.15) is 0 Å². The number of benzene rings is 1. The molecule has 1 aromatic carbocycles. The average Bonchev–Trinajstić information content (AvgIpc) is 3.01. The van der Waals surface area contributed by atoms with Crippen LogP contribution in [0.2, 0.25) is 0 Å². The average molecular weight is 378 g/mol. The maximum atomic E-state index is 12.9. The van der Waals surface area contributed by atoms with E-state index in [2.05, 4.69) is 9.82 Å². The zero-order chi connectivity index (χ0) is 19.1. The first-order valence-electron chi connectivity index (χ1n) is 8.92. The van der Waals surface area contributed by atoms with Crippen LogP contribution in [-0.2, 0) is 34.3 Å². The molecule has 0 saturated heterocycles. The Bertz CT molecular complexity index is 916. The second kappa shape index (κ2) is 7.13. The second-order valence-electron chi connectivity index (χ2n) is 6.99. The first-order chi connectivity index (χ1) is 12.2. The number of hydrogen-bond acceptors (Lipinski definition) is 4. The molecule has 2 heterocycles. The monoisotopic (exact) mass is 377 g/mol. The number of nitrogens with one attached hydrogen (secondary N) is 1. The van der Waals surface area contributed by atoms with Crippen LogP contribution < -0.4 is 4.72 Å². The fraction of sp³-hybridized carbons (Fsp3) is 0.526. The van der Waals surface area contributed by atoms with Crippen molar-refractivity contribution in [3.63, 3.8) is 0 Å². The van der Waals surface area contributed by atoms with E-state index in [1.165, 1.54) is 0 Å². The van der Waals surface area contributed by atoms with Crippen LogP contribution in [0.15, 0.2) is 11.1 Å². The molecule has 1 aromatic heterocycles. The van der Waals surface area contributed by atoms with Gasteiger partial charge in [0.25, 0.3) is 0 Å². The van der Waals surface area contributed by atoms with E-state index in [0.29, 0.717) is 31.2 Å². The van der Waals surface area contributed by atoms with Crippen LogP contribution >= 0.6 is 0 Å². The molecule has 7 heteroatoms. The Morgan fingerprint density at radius 1 is 1.08 bits per heavy atom. The lowest BCUT2D eigenvalue weighted by Gasteiger charge is -2.19. The normalized spacial score (nSPS) is 14.5. The van der Waals surface area contributed by atoms with Gasteiger partial charge >= 0.3 is 0 Å². The van der Waals surface area contributed by atoms with E-state index in [-0.39, 0.29) is 0 Å². The molecule has 0 radical (unpaired) electrons. The van der Waals surface area contributed by atoms with E-state index >= 15 is 0 Å². The Morgan fingerprint density at radius 2 is 1.69 bits per heavy atom. The second-order valence-corrected chi connectivity index (χ2v) is 8.70. The predicted molar refractivity (Wildman–Crippen MR) is 101 cm³/mol. The summed E-state index contributed by atoms with van der Waals surface area (Å²) in [5, 5.41) is 4.37. The van der Waals surface area contributed by atoms with Gasteiger partial charge in [-0.25, -0.2) is 13.1 Å². The molecule has 1 aliphatic heterocycles. The molecule has 1 N–H and O–H groups in total. The highest BCUT2D eigenvalue weighted by atomic mass is 32.2. The molecule has 6 nitrogen and oxygen atoms in total. The van der Waals surface area contributed by atoms with Gasteiger partial charge in [-0.3, -0.25) is 4.68 Å². The first-order valence-corrected chi connectivity index (χ1v) is 10.4. The molecule has 142 valence electrons. The van der Waals surface area contributed by atoms with Crippen molar-refractivity contribution < 1.29 is 13.2 Å². The van der Waals surface area contributed by atoms with Crippen LogP contribution in [0, 0.1) is 34.6 Å². The summed E-state index contributed by atoms with van der Waals surface area (Å²) >= 11 is 0. The Kier molecular flexibility index (Phi) is 5.23. The number of fused-ring (bicyclic) bond motifs is 1. The van der Waals surface area contributed by atoms with Crippen LogP contribution in [0.1, 0.15) is 39.1 Å². The molecule has 0 atom stereocenters. The van der Waals surface area contributed by atoms with Gasteiger partial charge in [0.15, 0.2) is 0 Å². The predicted octanol–water partition coefficient (Wildman–Crippen LogP) is 2.48. The molecule has 0 aliphatic carbocycles. The van der Waals surface area contributed by atoms with E-state index in [0.717, 1.165) is 45.5 Å². The van der Waals surface area contributed by atoms with Crippen molar-refractivity contribution in [2.24, 2.45) is 0 Å². The molecular weight excluding hydrogens is 350 g/mol. The summed E-state index contributed by atoms with van der Waals surface area (Å²) in [6.45, 7) is 11.9. The molecule has 0 amide bonds. The number of sulfonamides is 1. The Hall–Kier alpha value is -1.70. The Balaban J connectivity index is 1.79. The lowest BCUT2D eigenvalue weighted by Crippen LogP contribution is -2.30. The van der Waals surface area contributed by atoms with Crippen molar-refractivity contribution in [3.05, 3.63) is 45.3 Å².